The number of hydrogen-bond donors (Lipinski definition) is 1. The molecule has 0 aromatic heterocycles. The van der Waals surface area contributed by atoms with Gasteiger partial charge in [0.1, 0.15) is 0 Å². The van der Waals surface area contributed by atoms with Crippen molar-refractivity contribution in [1.82, 2.24) is 15.1 Å². The standard InChI is InChI=1S/C16H31N3/c1-6-9-19-10-7-15(8-11-19)17-13-16(18(4)5)12-14(2)3/h1,14-17H,7-13H2,2-5H3. The molecule has 1 N–H and O–H groups in total. The first-order valence-electron chi connectivity index (χ1n) is 7.58. The first-order chi connectivity index (χ1) is 9.02. The summed E-state index contributed by atoms with van der Waals surface area (Å²) in [6.45, 7) is 8.78. The minimum atomic E-state index is 0.642. The van der Waals surface area contributed by atoms with Crippen molar-refractivity contribution in [2.45, 2.75) is 45.2 Å². The third kappa shape index (κ3) is 6.42. The van der Waals surface area contributed by atoms with E-state index < -0.39 is 0 Å². The average Bonchev–Trinajstić information content (AvgIpc) is 2.36. The van der Waals surface area contributed by atoms with Crippen LogP contribution < -0.4 is 5.32 Å². The zero-order chi connectivity index (χ0) is 14.3. The highest BCUT2D eigenvalue weighted by atomic mass is 15.2. The van der Waals surface area contributed by atoms with E-state index in [1.165, 1.54) is 19.3 Å². The molecule has 1 heterocycles. The number of nitrogens with zero attached hydrogens (tertiary/aromatic N) is 2. The van der Waals surface area contributed by atoms with Crippen LogP contribution in [0.4, 0.5) is 0 Å². The Bertz CT molecular complexity index is 272. The Hall–Kier alpha value is -0.560. The Morgan fingerprint density at radius 1 is 1.32 bits per heavy atom. The van der Waals surface area contributed by atoms with Gasteiger partial charge in [-0.1, -0.05) is 19.8 Å². The van der Waals surface area contributed by atoms with Crippen LogP contribution in [0.5, 0.6) is 0 Å². The molecule has 19 heavy (non-hydrogen) atoms. The Morgan fingerprint density at radius 2 is 1.95 bits per heavy atom. The topological polar surface area (TPSA) is 18.5 Å². The predicted molar refractivity (Wildman–Crippen MR) is 83.2 cm³/mol. The second kappa shape index (κ2) is 8.58. The smallest absolute Gasteiger partial charge is 0.0598 e. The van der Waals surface area contributed by atoms with Gasteiger partial charge in [0.2, 0.25) is 0 Å². The van der Waals surface area contributed by atoms with Gasteiger partial charge in [0, 0.05) is 31.7 Å². The Morgan fingerprint density at radius 3 is 2.42 bits per heavy atom. The molecule has 1 rings (SSSR count). The maximum atomic E-state index is 5.36. The fourth-order valence-electron chi connectivity index (χ4n) is 2.75. The minimum absolute atomic E-state index is 0.642. The van der Waals surface area contributed by atoms with Crippen LogP contribution in [0.25, 0.3) is 0 Å². The van der Waals surface area contributed by atoms with Crippen molar-refractivity contribution in [3.8, 4) is 12.3 Å². The first-order valence-corrected chi connectivity index (χ1v) is 7.58. The molecule has 110 valence electrons. The van der Waals surface area contributed by atoms with Gasteiger partial charge >= 0.3 is 0 Å². The van der Waals surface area contributed by atoms with E-state index >= 15 is 0 Å². The molecule has 1 unspecified atom stereocenters. The summed E-state index contributed by atoms with van der Waals surface area (Å²) < 4.78 is 0. The number of nitrogens with one attached hydrogen (secondary N) is 1. The van der Waals surface area contributed by atoms with Crippen molar-refractivity contribution >= 4 is 0 Å². The van der Waals surface area contributed by atoms with E-state index in [2.05, 4.69) is 49.0 Å². The quantitative estimate of drug-likeness (QED) is 0.706. The molecule has 3 heteroatoms. The highest BCUT2D eigenvalue weighted by Crippen LogP contribution is 2.12. The molecule has 1 aliphatic rings. The van der Waals surface area contributed by atoms with E-state index in [-0.39, 0.29) is 0 Å². The van der Waals surface area contributed by atoms with Gasteiger partial charge in [-0.15, -0.1) is 6.42 Å². The summed E-state index contributed by atoms with van der Waals surface area (Å²) >= 11 is 0. The van der Waals surface area contributed by atoms with Crippen molar-refractivity contribution in [2.75, 3.05) is 40.3 Å². The molecule has 0 saturated carbocycles. The summed E-state index contributed by atoms with van der Waals surface area (Å²) in [5, 5.41) is 3.75. The van der Waals surface area contributed by atoms with Gasteiger partial charge in [-0.05, 0) is 39.3 Å². The van der Waals surface area contributed by atoms with Crippen LogP contribution in [0.2, 0.25) is 0 Å². The van der Waals surface area contributed by atoms with Crippen molar-refractivity contribution in [2.24, 2.45) is 5.92 Å². The maximum absolute atomic E-state index is 5.36. The molecular formula is C16H31N3. The summed E-state index contributed by atoms with van der Waals surface area (Å²) in [7, 11) is 4.37. The predicted octanol–water partition coefficient (Wildman–Crippen LogP) is 1.65. The lowest BCUT2D eigenvalue weighted by Crippen LogP contribution is -2.47. The van der Waals surface area contributed by atoms with Crippen LogP contribution in [0.3, 0.4) is 0 Å². The number of likely N-dealkylation sites (tertiary alicyclic amines) is 1. The molecule has 1 saturated heterocycles. The SMILES string of the molecule is C#CCN1CCC(NCC(CC(C)C)N(C)C)CC1. The van der Waals surface area contributed by atoms with Crippen molar-refractivity contribution in [3.05, 3.63) is 0 Å². The fourth-order valence-corrected chi connectivity index (χ4v) is 2.75. The van der Waals surface area contributed by atoms with Gasteiger partial charge in [0.15, 0.2) is 0 Å². The normalized spacial score (nSPS) is 19.8. The highest BCUT2D eigenvalue weighted by Gasteiger charge is 2.20. The third-order valence-electron chi connectivity index (χ3n) is 4.02. The average molecular weight is 265 g/mol. The molecule has 1 fully saturated rings. The zero-order valence-electron chi connectivity index (χ0n) is 13.2. The second-order valence-electron chi connectivity index (χ2n) is 6.41. The molecule has 0 aromatic carbocycles. The lowest BCUT2D eigenvalue weighted by atomic mass is 10.0. The molecular weight excluding hydrogens is 234 g/mol. The second-order valence-corrected chi connectivity index (χ2v) is 6.41. The number of hydrogen-bond acceptors (Lipinski definition) is 3. The molecule has 0 bridgehead atoms. The number of piperidine rings is 1. The van der Waals surface area contributed by atoms with Crippen LogP contribution in [-0.2, 0) is 0 Å². The summed E-state index contributed by atoms with van der Waals surface area (Å²) in [5.74, 6) is 3.49. The molecule has 0 aliphatic carbocycles. The van der Waals surface area contributed by atoms with Gasteiger partial charge in [-0.2, -0.15) is 0 Å². The zero-order valence-corrected chi connectivity index (χ0v) is 13.2. The summed E-state index contributed by atoms with van der Waals surface area (Å²) in [5.41, 5.74) is 0. The number of terminal acetylenes is 1. The van der Waals surface area contributed by atoms with E-state index in [0.717, 1.165) is 32.1 Å². The molecule has 3 nitrogen and oxygen atoms in total. The Labute approximate surface area is 119 Å². The number of likely N-dealkylation sites (N-methyl/N-ethyl adjacent to an activating group) is 1. The lowest BCUT2D eigenvalue weighted by molar-refractivity contribution is 0.196. The van der Waals surface area contributed by atoms with Crippen molar-refractivity contribution in [1.29, 1.82) is 0 Å². The van der Waals surface area contributed by atoms with E-state index in [9.17, 15) is 0 Å². The van der Waals surface area contributed by atoms with Gasteiger partial charge in [-0.3, -0.25) is 4.90 Å². The van der Waals surface area contributed by atoms with Gasteiger partial charge in [0.05, 0.1) is 6.54 Å². The molecule has 1 atom stereocenters. The van der Waals surface area contributed by atoms with Crippen LogP contribution >= 0.6 is 0 Å². The molecule has 0 amide bonds. The molecule has 0 radical (unpaired) electrons. The monoisotopic (exact) mass is 265 g/mol. The van der Waals surface area contributed by atoms with Crippen LogP contribution in [0.1, 0.15) is 33.1 Å². The number of rotatable bonds is 7. The van der Waals surface area contributed by atoms with Crippen LogP contribution in [0.15, 0.2) is 0 Å². The first kappa shape index (κ1) is 16.5. The van der Waals surface area contributed by atoms with Crippen LogP contribution in [0, 0.1) is 18.3 Å². The summed E-state index contributed by atoms with van der Waals surface area (Å²) in [4.78, 5) is 4.72. The summed E-state index contributed by atoms with van der Waals surface area (Å²) in [6.07, 6.45) is 9.07. The highest BCUT2D eigenvalue weighted by molar-refractivity contribution is 4.90. The third-order valence-corrected chi connectivity index (χ3v) is 4.02. The Kier molecular flexibility index (Phi) is 7.45. The molecule has 0 aromatic rings. The van der Waals surface area contributed by atoms with E-state index in [1.54, 1.807) is 0 Å². The summed E-state index contributed by atoms with van der Waals surface area (Å²) in [6, 6.07) is 1.31. The molecule has 1 aliphatic heterocycles. The van der Waals surface area contributed by atoms with Crippen LogP contribution in [-0.4, -0.2) is 62.2 Å². The van der Waals surface area contributed by atoms with Crippen molar-refractivity contribution < 1.29 is 0 Å². The minimum Gasteiger partial charge on any atom is -0.312 e. The molecule has 0 spiro atoms. The lowest BCUT2D eigenvalue weighted by Gasteiger charge is -2.33. The fraction of sp³-hybridized carbons (Fsp3) is 0.875. The van der Waals surface area contributed by atoms with Gasteiger partial charge in [-0.25, -0.2) is 0 Å². The van der Waals surface area contributed by atoms with Gasteiger partial charge in [0.25, 0.3) is 0 Å². The Balaban J connectivity index is 2.26. The van der Waals surface area contributed by atoms with Gasteiger partial charge < -0.3 is 10.2 Å². The van der Waals surface area contributed by atoms with E-state index in [1.807, 2.05) is 0 Å². The maximum Gasteiger partial charge on any atom is 0.0598 e. The largest absolute Gasteiger partial charge is 0.312 e. The van der Waals surface area contributed by atoms with Crippen molar-refractivity contribution in [3.63, 3.8) is 0 Å². The van der Waals surface area contributed by atoms with E-state index in [4.69, 9.17) is 6.42 Å². The van der Waals surface area contributed by atoms with E-state index in [0.29, 0.717) is 12.1 Å².